The number of hydrogen-bond donors (Lipinski definition) is 2. The van der Waals surface area contributed by atoms with E-state index in [0.29, 0.717) is 16.9 Å². The molecule has 0 aliphatic rings. The van der Waals surface area contributed by atoms with Crippen LogP contribution in [-0.4, -0.2) is 20.3 Å². The number of aliphatic hydroxyl groups excluding tert-OH is 1. The van der Waals surface area contributed by atoms with Crippen LogP contribution in [0.5, 0.6) is 11.6 Å². The monoisotopic (exact) mass is 289 g/mol. The van der Waals surface area contributed by atoms with E-state index in [4.69, 9.17) is 22.7 Å². The molecule has 0 unspecified atom stereocenters. The third-order valence-corrected chi connectivity index (χ3v) is 3.22. The Morgan fingerprint density at radius 3 is 2.65 bits per heavy atom. The molecule has 104 valence electrons. The Kier molecular flexibility index (Phi) is 4.26. The van der Waals surface area contributed by atoms with Crippen LogP contribution in [0.2, 0.25) is 0 Å². The quantitative estimate of drug-likeness (QED) is 0.838. The first kappa shape index (κ1) is 14.4. The Morgan fingerprint density at radius 1 is 1.30 bits per heavy atom. The zero-order chi connectivity index (χ0) is 14.7. The molecule has 20 heavy (non-hydrogen) atoms. The summed E-state index contributed by atoms with van der Waals surface area (Å²) in [6.45, 7) is 3.57. The fraction of sp³-hybridized carbons (Fsp3) is 0.214. The Balaban J connectivity index is 2.49. The average molecular weight is 289 g/mol. The summed E-state index contributed by atoms with van der Waals surface area (Å²) in [6.07, 6.45) is 0. The zero-order valence-corrected chi connectivity index (χ0v) is 12.1. The van der Waals surface area contributed by atoms with Gasteiger partial charge in [-0.25, -0.2) is 0 Å². The zero-order valence-electron chi connectivity index (χ0n) is 11.3. The highest BCUT2D eigenvalue weighted by atomic mass is 32.1. The number of hydrogen-bond acceptors (Lipinski definition) is 5. The highest BCUT2D eigenvalue weighted by Gasteiger charge is 2.16. The summed E-state index contributed by atoms with van der Waals surface area (Å²) >= 11 is 5.05. The number of aromatic nitrogens is 2. The number of nitrogens with zero attached hydrogens (tertiary/aromatic N) is 2. The summed E-state index contributed by atoms with van der Waals surface area (Å²) in [5.41, 5.74) is 8.55. The second-order valence-corrected chi connectivity index (χ2v) is 4.76. The molecule has 0 spiro atoms. The average Bonchev–Trinajstić information content (AvgIpc) is 2.43. The van der Waals surface area contributed by atoms with Gasteiger partial charge in [-0.05, 0) is 25.5 Å². The van der Waals surface area contributed by atoms with Gasteiger partial charge in [-0.2, -0.15) is 5.10 Å². The molecule has 0 aliphatic carbocycles. The lowest BCUT2D eigenvalue weighted by molar-refractivity contribution is 0.276. The molecule has 6 heteroatoms. The van der Waals surface area contributed by atoms with Crippen molar-refractivity contribution in [1.29, 1.82) is 0 Å². The number of ether oxygens (including phenoxy) is 1. The molecule has 0 saturated carbocycles. The van der Waals surface area contributed by atoms with Crippen LogP contribution in [0, 0.1) is 13.8 Å². The van der Waals surface area contributed by atoms with Crippen LogP contribution in [0.3, 0.4) is 0 Å². The second-order valence-electron chi connectivity index (χ2n) is 4.32. The van der Waals surface area contributed by atoms with Gasteiger partial charge in [0.25, 0.3) is 0 Å². The van der Waals surface area contributed by atoms with Crippen molar-refractivity contribution in [2.75, 3.05) is 0 Å². The fourth-order valence-electron chi connectivity index (χ4n) is 1.79. The van der Waals surface area contributed by atoms with Crippen molar-refractivity contribution in [3.63, 3.8) is 0 Å². The molecule has 3 N–H and O–H groups in total. The summed E-state index contributed by atoms with van der Waals surface area (Å²) in [6, 6.07) is 7.14. The van der Waals surface area contributed by atoms with E-state index in [1.165, 1.54) is 0 Å². The number of nitrogens with two attached hydrogens (primary N) is 1. The Bertz CT molecular complexity index is 659. The molecule has 1 aromatic carbocycles. The molecule has 2 aromatic rings. The first-order valence-corrected chi connectivity index (χ1v) is 6.45. The van der Waals surface area contributed by atoms with Gasteiger partial charge in [0.05, 0.1) is 17.9 Å². The first-order chi connectivity index (χ1) is 9.54. The number of benzene rings is 1. The van der Waals surface area contributed by atoms with Crippen LogP contribution >= 0.6 is 12.2 Å². The van der Waals surface area contributed by atoms with E-state index in [-0.39, 0.29) is 17.5 Å². The van der Waals surface area contributed by atoms with Gasteiger partial charge in [0.1, 0.15) is 10.7 Å². The van der Waals surface area contributed by atoms with Crippen LogP contribution in [0.25, 0.3) is 0 Å². The van der Waals surface area contributed by atoms with Crippen molar-refractivity contribution in [2.24, 2.45) is 5.73 Å². The summed E-state index contributed by atoms with van der Waals surface area (Å²) < 4.78 is 5.73. The third kappa shape index (κ3) is 2.76. The molecule has 1 aromatic heterocycles. The van der Waals surface area contributed by atoms with E-state index < -0.39 is 0 Å². The predicted molar refractivity (Wildman–Crippen MR) is 79.8 cm³/mol. The molecule has 0 atom stereocenters. The van der Waals surface area contributed by atoms with Crippen molar-refractivity contribution >= 4 is 17.2 Å². The maximum Gasteiger partial charge on any atom is 0.249 e. The number of aliphatic hydroxyl groups is 1. The molecule has 2 rings (SSSR count). The summed E-state index contributed by atoms with van der Waals surface area (Å²) in [4.78, 5) is 0.206. The normalized spacial score (nSPS) is 10.3. The number of para-hydroxylation sites is 1. The second kappa shape index (κ2) is 5.94. The standard InChI is InChI=1S/C14H15N3O2S/c1-8-9(2)16-17-14(12(8)13(15)20)19-11-6-4-3-5-10(11)7-18/h3-6,18H,7H2,1-2H3,(H2,15,20). The lowest BCUT2D eigenvalue weighted by Crippen LogP contribution is -2.15. The summed E-state index contributed by atoms with van der Waals surface area (Å²) in [5.74, 6) is 0.756. The van der Waals surface area contributed by atoms with Crippen LogP contribution in [0.4, 0.5) is 0 Å². The minimum Gasteiger partial charge on any atom is -0.437 e. The Morgan fingerprint density at radius 2 is 2.00 bits per heavy atom. The Labute approximate surface area is 122 Å². The lowest BCUT2D eigenvalue weighted by atomic mass is 10.1. The third-order valence-electron chi connectivity index (χ3n) is 3.02. The maximum atomic E-state index is 9.31. The van der Waals surface area contributed by atoms with Crippen LogP contribution in [-0.2, 0) is 6.61 Å². The number of thiocarbonyl (C=S) groups is 1. The molecule has 5 nitrogen and oxygen atoms in total. The molecule has 0 bridgehead atoms. The number of aryl methyl sites for hydroxylation is 1. The van der Waals surface area contributed by atoms with Gasteiger partial charge in [0, 0.05) is 5.56 Å². The summed E-state index contributed by atoms with van der Waals surface area (Å²) in [7, 11) is 0. The Hall–Kier alpha value is -2.05. The van der Waals surface area contributed by atoms with Gasteiger partial charge >= 0.3 is 0 Å². The largest absolute Gasteiger partial charge is 0.437 e. The van der Waals surface area contributed by atoms with E-state index in [1.54, 1.807) is 12.1 Å². The molecule has 0 fully saturated rings. The van der Waals surface area contributed by atoms with Gasteiger partial charge in [0.15, 0.2) is 0 Å². The van der Waals surface area contributed by atoms with Gasteiger partial charge in [-0.15, -0.1) is 5.10 Å². The van der Waals surface area contributed by atoms with Gasteiger partial charge in [-0.1, -0.05) is 30.4 Å². The van der Waals surface area contributed by atoms with Crippen molar-refractivity contribution in [3.8, 4) is 11.6 Å². The molecular weight excluding hydrogens is 274 g/mol. The molecule has 0 aliphatic heterocycles. The smallest absolute Gasteiger partial charge is 0.249 e. The van der Waals surface area contributed by atoms with Gasteiger partial charge in [0.2, 0.25) is 5.88 Å². The van der Waals surface area contributed by atoms with Crippen molar-refractivity contribution < 1.29 is 9.84 Å². The van der Waals surface area contributed by atoms with Gasteiger partial charge in [-0.3, -0.25) is 0 Å². The van der Waals surface area contributed by atoms with Gasteiger partial charge < -0.3 is 15.6 Å². The van der Waals surface area contributed by atoms with Crippen molar-refractivity contribution in [1.82, 2.24) is 10.2 Å². The van der Waals surface area contributed by atoms with E-state index in [0.717, 1.165) is 11.3 Å². The van der Waals surface area contributed by atoms with E-state index in [2.05, 4.69) is 10.2 Å². The lowest BCUT2D eigenvalue weighted by Gasteiger charge is -2.13. The van der Waals surface area contributed by atoms with E-state index in [9.17, 15) is 5.11 Å². The molecule has 0 saturated heterocycles. The van der Waals surface area contributed by atoms with Crippen LogP contribution in [0.15, 0.2) is 24.3 Å². The minimum atomic E-state index is -0.128. The molecule has 1 heterocycles. The molecule has 0 amide bonds. The van der Waals surface area contributed by atoms with E-state index >= 15 is 0 Å². The SMILES string of the molecule is Cc1nnc(Oc2ccccc2CO)c(C(N)=S)c1C. The predicted octanol–water partition coefficient (Wildman–Crippen LogP) is 2.01. The fourth-order valence-corrected chi connectivity index (χ4v) is 2.03. The minimum absolute atomic E-state index is 0.128. The molecular formula is C14H15N3O2S. The van der Waals surface area contributed by atoms with Crippen molar-refractivity contribution in [2.45, 2.75) is 20.5 Å². The maximum absolute atomic E-state index is 9.31. The molecule has 0 radical (unpaired) electrons. The highest BCUT2D eigenvalue weighted by Crippen LogP contribution is 2.28. The summed E-state index contributed by atoms with van der Waals surface area (Å²) in [5, 5.41) is 17.3. The highest BCUT2D eigenvalue weighted by molar-refractivity contribution is 7.80. The number of rotatable bonds is 4. The first-order valence-electron chi connectivity index (χ1n) is 6.05. The topological polar surface area (TPSA) is 81.3 Å². The van der Waals surface area contributed by atoms with E-state index in [1.807, 2.05) is 26.0 Å². The van der Waals surface area contributed by atoms with Crippen molar-refractivity contribution in [3.05, 3.63) is 46.6 Å². The van der Waals surface area contributed by atoms with Crippen LogP contribution < -0.4 is 10.5 Å². The van der Waals surface area contributed by atoms with Crippen LogP contribution in [0.1, 0.15) is 22.4 Å².